The van der Waals surface area contributed by atoms with E-state index in [1.165, 1.54) is 5.56 Å². The van der Waals surface area contributed by atoms with E-state index in [4.69, 9.17) is 0 Å². The summed E-state index contributed by atoms with van der Waals surface area (Å²) >= 11 is 4.25. The zero-order chi connectivity index (χ0) is 17.2. The molecule has 1 rings (SSSR count). The summed E-state index contributed by atoms with van der Waals surface area (Å²) in [5.41, 5.74) is 1.24. The molecular weight excluding hydrogens is 310 g/mol. The minimum Gasteiger partial charge on any atom is -0.480 e. The molecule has 4 nitrogen and oxygen atoms in total. The molecule has 0 spiro atoms. The number of carboxylic acids is 1. The highest BCUT2D eigenvalue weighted by Crippen LogP contribution is 2.14. The Bertz CT molecular complexity index is 490. The summed E-state index contributed by atoms with van der Waals surface area (Å²) in [5.74, 6) is -0.801. The molecule has 1 amide bonds. The van der Waals surface area contributed by atoms with Crippen LogP contribution in [0.4, 0.5) is 0 Å². The van der Waals surface area contributed by atoms with E-state index in [-0.39, 0.29) is 17.7 Å². The molecule has 0 aliphatic heterocycles. The fourth-order valence-electron chi connectivity index (χ4n) is 2.49. The van der Waals surface area contributed by atoms with Gasteiger partial charge in [-0.2, -0.15) is 12.6 Å². The van der Waals surface area contributed by atoms with Gasteiger partial charge in [-0.15, -0.1) is 0 Å². The molecule has 0 aliphatic carbocycles. The van der Waals surface area contributed by atoms with E-state index in [2.05, 4.69) is 30.1 Å². The van der Waals surface area contributed by atoms with Gasteiger partial charge >= 0.3 is 5.97 Å². The Hall–Kier alpha value is -1.49. The second kappa shape index (κ2) is 10.3. The minimum absolute atomic E-state index is 0.207. The number of nitrogens with one attached hydrogen (secondary N) is 1. The van der Waals surface area contributed by atoms with Crippen LogP contribution in [0.15, 0.2) is 30.3 Å². The van der Waals surface area contributed by atoms with Crippen LogP contribution in [0.5, 0.6) is 0 Å². The van der Waals surface area contributed by atoms with Crippen molar-refractivity contribution in [1.29, 1.82) is 0 Å². The zero-order valence-corrected chi connectivity index (χ0v) is 14.8. The van der Waals surface area contributed by atoms with Crippen molar-refractivity contribution in [3.63, 3.8) is 0 Å². The van der Waals surface area contributed by atoms with Crippen LogP contribution in [0, 0.1) is 11.8 Å². The topological polar surface area (TPSA) is 66.4 Å². The predicted molar refractivity (Wildman–Crippen MR) is 95.7 cm³/mol. The maximum atomic E-state index is 12.3. The lowest BCUT2D eigenvalue weighted by atomic mass is 9.98. The van der Waals surface area contributed by atoms with Crippen LogP contribution in [-0.2, 0) is 16.0 Å². The molecule has 2 N–H and O–H groups in total. The van der Waals surface area contributed by atoms with Crippen LogP contribution in [0.1, 0.15) is 38.7 Å². The Morgan fingerprint density at radius 3 is 2.39 bits per heavy atom. The predicted octanol–water partition coefficient (Wildman–Crippen LogP) is 3.17. The molecule has 0 bridgehead atoms. The number of aryl methyl sites for hydroxylation is 1. The Morgan fingerprint density at radius 2 is 1.87 bits per heavy atom. The number of rotatable bonds is 10. The second-order valence-electron chi connectivity index (χ2n) is 6.29. The molecule has 0 aromatic heterocycles. The molecule has 1 aromatic rings. The average molecular weight is 337 g/mol. The first-order chi connectivity index (χ1) is 10.9. The molecule has 0 saturated heterocycles. The summed E-state index contributed by atoms with van der Waals surface area (Å²) in [6, 6.07) is 9.30. The monoisotopic (exact) mass is 337 g/mol. The molecule has 23 heavy (non-hydrogen) atoms. The van der Waals surface area contributed by atoms with Crippen molar-refractivity contribution in [2.24, 2.45) is 11.8 Å². The Balaban J connectivity index is 2.48. The van der Waals surface area contributed by atoms with Gasteiger partial charge in [0.2, 0.25) is 5.91 Å². The molecule has 1 aromatic carbocycles. The quantitative estimate of drug-likeness (QED) is 0.575. The van der Waals surface area contributed by atoms with Gasteiger partial charge in [-0.05, 0) is 37.2 Å². The van der Waals surface area contributed by atoms with E-state index in [0.717, 1.165) is 12.8 Å². The number of thiol groups is 1. The summed E-state index contributed by atoms with van der Waals surface area (Å²) in [5, 5.41) is 11.9. The Morgan fingerprint density at radius 1 is 1.22 bits per heavy atom. The van der Waals surface area contributed by atoms with E-state index >= 15 is 0 Å². The largest absolute Gasteiger partial charge is 0.480 e. The van der Waals surface area contributed by atoms with Crippen LogP contribution >= 0.6 is 12.6 Å². The lowest BCUT2D eigenvalue weighted by Gasteiger charge is -2.20. The maximum Gasteiger partial charge on any atom is 0.326 e. The van der Waals surface area contributed by atoms with Gasteiger partial charge in [0.25, 0.3) is 0 Å². The van der Waals surface area contributed by atoms with Crippen molar-refractivity contribution >= 4 is 24.5 Å². The van der Waals surface area contributed by atoms with Gasteiger partial charge in [0.1, 0.15) is 6.04 Å². The van der Waals surface area contributed by atoms with Gasteiger partial charge in [0.05, 0.1) is 0 Å². The van der Waals surface area contributed by atoms with Crippen LogP contribution < -0.4 is 5.32 Å². The first kappa shape index (κ1) is 19.6. The fourth-order valence-corrected chi connectivity index (χ4v) is 2.83. The summed E-state index contributed by atoms with van der Waals surface area (Å²) in [7, 11) is 0. The minimum atomic E-state index is -0.978. The second-order valence-corrected chi connectivity index (χ2v) is 6.65. The first-order valence-electron chi connectivity index (χ1n) is 8.12. The summed E-state index contributed by atoms with van der Waals surface area (Å²) in [4.78, 5) is 23.5. The molecule has 1 unspecified atom stereocenters. The highest BCUT2D eigenvalue weighted by atomic mass is 32.1. The standard InChI is InChI=1S/C18H27NO3S/c1-13(2)11-16(18(21)22)19-17(20)15(12-23)10-6-9-14-7-4-3-5-8-14/h3-5,7-8,13,15-16,23H,6,9-12H2,1-2H3,(H,19,20)(H,21,22)/t15?,16-/m0/s1. The van der Waals surface area contributed by atoms with Crippen molar-refractivity contribution in [2.75, 3.05) is 5.75 Å². The normalized spacial score (nSPS) is 13.6. The SMILES string of the molecule is CC(C)C[C@H](NC(=O)C(CS)CCCc1ccccc1)C(=O)O. The van der Waals surface area contributed by atoms with Crippen molar-refractivity contribution < 1.29 is 14.7 Å². The van der Waals surface area contributed by atoms with Crippen LogP contribution in [0.3, 0.4) is 0 Å². The number of carboxylic acid groups (broad SMARTS) is 1. The van der Waals surface area contributed by atoms with E-state index < -0.39 is 12.0 Å². The number of hydrogen-bond acceptors (Lipinski definition) is 3. The number of carbonyl (C=O) groups is 2. The van der Waals surface area contributed by atoms with Gasteiger partial charge in [0.15, 0.2) is 0 Å². The molecule has 0 saturated carbocycles. The summed E-state index contributed by atoms with van der Waals surface area (Å²) in [6.07, 6.45) is 2.93. The molecular formula is C18H27NO3S. The van der Waals surface area contributed by atoms with Gasteiger partial charge in [-0.25, -0.2) is 4.79 Å². The van der Waals surface area contributed by atoms with Crippen molar-refractivity contribution in [2.45, 2.75) is 45.6 Å². The zero-order valence-electron chi connectivity index (χ0n) is 13.9. The molecule has 0 heterocycles. The van der Waals surface area contributed by atoms with Crippen molar-refractivity contribution in [1.82, 2.24) is 5.32 Å². The lowest BCUT2D eigenvalue weighted by Crippen LogP contribution is -2.44. The van der Waals surface area contributed by atoms with E-state index in [1.54, 1.807) is 0 Å². The van der Waals surface area contributed by atoms with Crippen LogP contribution in [0.2, 0.25) is 0 Å². The van der Waals surface area contributed by atoms with E-state index in [1.807, 2.05) is 32.0 Å². The van der Waals surface area contributed by atoms with Crippen molar-refractivity contribution in [3.8, 4) is 0 Å². The first-order valence-corrected chi connectivity index (χ1v) is 8.75. The van der Waals surface area contributed by atoms with E-state index in [9.17, 15) is 14.7 Å². The summed E-state index contributed by atoms with van der Waals surface area (Å²) in [6.45, 7) is 3.89. The summed E-state index contributed by atoms with van der Waals surface area (Å²) < 4.78 is 0. The van der Waals surface area contributed by atoms with Crippen LogP contribution in [0.25, 0.3) is 0 Å². The molecule has 0 fully saturated rings. The third-order valence-corrected chi connectivity index (χ3v) is 4.21. The van der Waals surface area contributed by atoms with Gasteiger partial charge < -0.3 is 10.4 Å². The number of hydrogen-bond donors (Lipinski definition) is 3. The lowest BCUT2D eigenvalue weighted by molar-refractivity contribution is -0.142. The molecule has 0 radical (unpaired) electrons. The Kier molecular flexibility index (Phi) is 8.77. The van der Waals surface area contributed by atoms with Gasteiger partial charge in [0, 0.05) is 11.7 Å². The fraction of sp³-hybridized carbons (Fsp3) is 0.556. The molecule has 2 atom stereocenters. The van der Waals surface area contributed by atoms with Crippen LogP contribution in [-0.4, -0.2) is 28.8 Å². The number of amides is 1. The number of carbonyl (C=O) groups excluding carboxylic acids is 1. The highest BCUT2D eigenvalue weighted by molar-refractivity contribution is 7.80. The highest BCUT2D eigenvalue weighted by Gasteiger charge is 2.25. The third kappa shape index (κ3) is 7.55. The molecule has 0 aliphatic rings. The average Bonchev–Trinajstić information content (AvgIpc) is 2.51. The van der Waals surface area contributed by atoms with E-state index in [0.29, 0.717) is 18.6 Å². The van der Waals surface area contributed by atoms with Crippen molar-refractivity contribution in [3.05, 3.63) is 35.9 Å². The molecule has 5 heteroatoms. The smallest absolute Gasteiger partial charge is 0.326 e. The molecule has 128 valence electrons. The number of benzene rings is 1. The Labute approximate surface area is 144 Å². The maximum absolute atomic E-state index is 12.3. The van der Waals surface area contributed by atoms with Gasteiger partial charge in [-0.1, -0.05) is 44.2 Å². The van der Waals surface area contributed by atoms with Gasteiger partial charge in [-0.3, -0.25) is 4.79 Å². The number of aliphatic carboxylic acids is 1. The third-order valence-electron chi connectivity index (χ3n) is 3.77.